The zero-order chi connectivity index (χ0) is 22.7. The second kappa shape index (κ2) is 9.23. The van der Waals surface area contributed by atoms with Crippen molar-refractivity contribution in [1.29, 1.82) is 0 Å². The van der Waals surface area contributed by atoms with Gasteiger partial charge < -0.3 is 4.74 Å². The summed E-state index contributed by atoms with van der Waals surface area (Å²) in [5.74, 6) is -1.07. The van der Waals surface area contributed by atoms with Crippen LogP contribution in [-0.4, -0.2) is 21.8 Å². The number of carbonyl (C=O) groups excluding carboxylic acids is 2. The van der Waals surface area contributed by atoms with Gasteiger partial charge in [0.05, 0.1) is 16.3 Å². The van der Waals surface area contributed by atoms with E-state index in [0.29, 0.717) is 16.5 Å². The number of amides is 1. The number of nitrogens with zero attached hydrogens (tertiary/aromatic N) is 3. The van der Waals surface area contributed by atoms with Gasteiger partial charge in [0.15, 0.2) is 5.13 Å². The summed E-state index contributed by atoms with van der Waals surface area (Å²) >= 11 is 7.00. The van der Waals surface area contributed by atoms with Crippen LogP contribution in [0, 0.1) is 24.0 Å². The molecule has 0 saturated heterocycles. The topological polar surface area (TPSA) is 103 Å². The van der Waals surface area contributed by atoms with Gasteiger partial charge in [0.25, 0.3) is 5.69 Å². The number of hydrogen-bond acceptors (Lipinski definition) is 7. The fraction of sp³-hybridized carbons (Fsp3) is 0.190. The van der Waals surface area contributed by atoms with Gasteiger partial charge in [0.1, 0.15) is 12.2 Å². The van der Waals surface area contributed by atoms with Gasteiger partial charge in [-0.15, -0.1) is 11.3 Å². The van der Waals surface area contributed by atoms with Crippen LogP contribution >= 0.6 is 22.9 Å². The van der Waals surface area contributed by atoms with Crippen LogP contribution in [0.15, 0.2) is 41.8 Å². The molecule has 0 unspecified atom stereocenters. The Balaban J connectivity index is 1.79. The van der Waals surface area contributed by atoms with Crippen molar-refractivity contribution in [2.75, 3.05) is 4.90 Å². The van der Waals surface area contributed by atoms with Crippen molar-refractivity contribution in [3.63, 3.8) is 0 Å². The number of aryl methyl sites for hydroxylation is 2. The summed E-state index contributed by atoms with van der Waals surface area (Å²) in [6.45, 7) is 5.12. The number of aromatic nitrogens is 1. The fourth-order valence-corrected chi connectivity index (χ4v) is 4.01. The van der Waals surface area contributed by atoms with E-state index < -0.39 is 16.6 Å². The average molecular weight is 460 g/mol. The maximum atomic E-state index is 12.3. The van der Waals surface area contributed by atoms with E-state index in [1.165, 1.54) is 35.3 Å². The van der Waals surface area contributed by atoms with E-state index >= 15 is 0 Å². The molecule has 0 aliphatic carbocycles. The van der Waals surface area contributed by atoms with E-state index in [1.807, 2.05) is 32.0 Å². The zero-order valence-electron chi connectivity index (χ0n) is 16.9. The van der Waals surface area contributed by atoms with E-state index in [1.54, 1.807) is 5.38 Å². The molecule has 8 nitrogen and oxygen atoms in total. The predicted octanol–water partition coefficient (Wildman–Crippen LogP) is 5.36. The molecule has 10 heteroatoms. The Bertz CT molecular complexity index is 1180. The fourth-order valence-electron chi connectivity index (χ4n) is 2.97. The average Bonchev–Trinajstić information content (AvgIpc) is 3.16. The highest BCUT2D eigenvalue weighted by Gasteiger charge is 2.23. The second-order valence-corrected chi connectivity index (χ2v) is 8.03. The van der Waals surface area contributed by atoms with Gasteiger partial charge in [-0.05, 0) is 37.6 Å². The molecule has 3 aromatic rings. The molecule has 0 aliphatic heterocycles. The maximum absolute atomic E-state index is 12.3. The van der Waals surface area contributed by atoms with Crippen LogP contribution in [0.4, 0.5) is 16.5 Å². The third-order valence-corrected chi connectivity index (χ3v) is 5.48. The minimum Gasteiger partial charge on any atom is -0.455 e. The van der Waals surface area contributed by atoms with Crippen LogP contribution in [0.3, 0.4) is 0 Å². The number of hydrogen-bond donors (Lipinski definition) is 0. The van der Waals surface area contributed by atoms with Crippen LogP contribution < -0.4 is 4.90 Å². The minimum absolute atomic E-state index is 0.142. The van der Waals surface area contributed by atoms with Crippen molar-refractivity contribution in [3.8, 4) is 0 Å². The lowest BCUT2D eigenvalue weighted by Crippen LogP contribution is -2.23. The molecule has 0 atom stereocenters. The summed E-state index contributed by atoms with van der Waals surface area (Å²) in [6.07, 6.45) is 0. The summed E-state index contributed by atoms with van der Waals surface area (Å²) < 4.78 is 5.20. The number of nitro benzene ring substituents is 1. The first-order valence-corrected chi connectivity index (χ1v) is 10.4. The Kier molecular flexibility index (Phi) is 6.67. The van der Waals surface area contributed by atoms with E-state index in [-0.39, 0.29) is 23.1 Å². The van der Waals surface area contributed by atoms with Crippen molar-refractivity contribution in [2.45, 2.75) is 27.4 Å². The lowest BCUT2D eigenvalue weighted by molar-refractivity contribution is -0.385. The molecule has 2 aromatic carbocycles. The van der Waals surface area contributed by atoms with Crippen LogP contribution in [0.2, 0.25) is 5.02 Å². The van der Waals surface area contributed by atoms with Gasteiger partial charge in [-0.2, -0.15) is 0 Å². The molecule has 0 bridgehead atoms. The van der Waals surface area contributed by atoms with Gasteiger partial charge >= 0.3 is 5.97 Å². The molecule has 31 heavy (non-hydrogen) atoms. The zero-order valence-corrected chi connectivity index (χ0v) is 18.5. The number of carbonyl (C=O) groups is 2. The van der Waals surface area contributed by atoms with Gasteiger partial charge in [-0.1, -0.05) is 29.3 Å². The van der Waals surface area contributed by atoms with E-state index in [2.05, 4.69) is 4.98 Å². The molecule has 0 N–H and O–H groups in total. The van der Waals surface area contributed by atoms with Gasteiger partial charge in [0, 0.05) is 23.4 Å². The Hall–Kier alpha value is -3.30. The second-order valence-electron chi connectivity index (χ2n) is 6.76. The highest BCUT2D eigenvalue weighted by Crippen LogP contribution is 2.32. The lowest BCUT2D eigenvalue weighted by atomic mass is 10.1. The number of halogens is 1. The van der Waals surface area contributed by atoms with Crippen LogP contribution in [0.1, 0.15) is 34.1 Å². The van der Waals surface area contributed by atoms with Crippen molar-refractivity contribution in [3.05, 3.63) is 79.3 Å². The molecular formula is C21H18ClN3O5S. The van der Waals surface area contributed by atoms with Crippen molar-refractivity contribution >= 4 is 51.3 Å². The van der Waals surface area contributed by atoms with E-state index in [0.717, 1.165) is 17.2 Å². The number of nitro groups is 1. The number of ether oxygens (including phenoxy) is 1. The quantitative estimate of drug-likeness (QED) is 0.279. The van der Waals surface area contributed by atoms with Gasteiger partial charge in [-0.25, -0.2) is 9.78 Å². The molecule has 0 aliphatic rings. The SMILES string of the molecule is CC(=O)N(c1nc(COC(=O)c2ccc(Cl)cc2[N+](=O)[O-])cs1)c1ccc(C)cc1C. The van der Waals surface area contributed by atoms with E-state index in [4.69, 9.17) is 16.3 Å². The Morgan fingerprint density at radius 1 is 1.23 bits per heavy atom. The summed E-state index contributed by atoms with van der Waals surface area (Å²) in [6, 6.07) is 9.45. The van der Waals surface area contributed by atoms with Crippen molar-refractivity contribution in [2.24, 2.45) is 0 Å². The molecule has 1 amide bonds. The van der Waals surface area contributed by atoms with Gasteiger partial charge in [-0.3, -0.25) is 19.8 Å². The molecule has 0 spiro atoms. The predicted molar refractivity (Wildman–Crippen MR) is 118 cm³/mol. The normalized spacial score (nSPS) is 10.6. The summed E-state index contributed by atoms with van der Waals surface area (Å²) in [7, 11) is 0. The monoisotopic (exact) mass is 459 g/mol. The number of anilines is 2. The molecule has 1 heterocycles. The first-order chi connectivity index (χ1) is 14.7. The van der Waals surface area contributed by atoms with E-state index in [9.17, 15) is 19.7 Å². The number of esters is 1. The Labute approximate surface area is 187 Å². The van der Waals surface area contributed by atoms with Crippen molar-refractivity contribution in [1.82, 2.24) is 4.98 Å². The number of thiazole rings is 1. The third-order valence-electron chi connectivity index (χ3n) is 4.37. The summed E-state index contributed by atoms with van der Waals surface area (Å²) in [5, 5.41) is 13.4. The number of benzene rings is 2. The Morgan fingerprint density at radius 2 is 1.97 bits per heavy atom. The highest BCUT2D eigenvalue weighted by molar-refractivity contribution is 7.14. The molecule has 0 saturated carbocycles. The molecule has 160 valence electrons. The molecule has 0 fully saturated rings. The van der Waals surface area contributed by atoms with Gasteiger partial charge in [0.2, 0.25) is 5.91 Å². The highest BCUT2D eigenvalue weighted by atomic mass is 35.5. The van der Waals surface area contributed by atoms with Crippen LogP contribution in [-0.2, 0) is 16.1 Å². The summed E-state index contributed by atoms with van der Waals surface area (Å²) in [4.78, 5) is 41.0. The first kappa shape index (κ1) is 22.4. The lowest BCUT2D eigenvalue weighted by Gasteiger charge is -2.20. The van der Waals surface area contributed by atoms with Crippen molar-refractivity contribution < 1.29 is 19.2 Å². The molecule has 0 radical (unpaired) electrons. The largest absolute Gasteiger partial charge is 0.455 e. The third kappa shape index (κ3) is 5.07. The molecule has 1 aromatic heterocycles. The molecular weight excluding hydrogens is 442 g/mol. The standard InChI is InChI=1S/C21H18ClN3O5S/c1-12-4-7-18(13(2)8-12)24(14(3)26)21-23-16(11-31-21)10-30-20(27)17-6-5-15(22)9-19(17)25(28)29/h4-9,11H,10H2,1-3H3. The molecule has 3 rings (SSSR count). The summed E-state index contributed by atoms with van der Waals surface area (Å²) in [5.41, 5.74) is 2.49. The maximum Gasteiger partial charge on any atom is 0.345 e. The van der Waals surface area contributed by atoms with Crippen LogP contribution in [0.5, 0.6) is 0 Å². The minimum atomic E-state index is -0.865. The van der Waals surface area contributed by atoms with Crippen LogP contribution in [0.25, 0.3) is 0 Å². The smallest absolute Gasteiger partial charge is 0.345 e. The number of rotatable bonds is 6. The Morgan fingerprint density at radius 3 is 2.61 bits per heavy atom. The first-order valence-electron chi connectivity index (χ1n) is 9.10.